The molecule has 0 atom stereocenters. The van der Waals surface area contributed by atoms with E-state index in [1.165, 1.54) is 19.4 Å². The number of rotatable bonds is 5. The Morgan fingerprint density at radius 1 is 1.16 bits per heavy atom. The van der Waals surface area contributed by atoms with Crippen molar-refractivity contribution in [2.45, 2.75) is 13.8 Å². The molecule has 3 aromatic rings. The monoisotopic (exact) mass is 436 g/mol. The van der Waals surface area contributed by atoms with Gasteiger partial charge in [-0.15, -0.1) is 0 Å². The van der Waals surface area contributed by atoms with E-state index in [0.29, 0.717) is 16.9 Å². The fourth-order valence-corrected chi connectivity index (χ4v) is 3.06. The molecule has 0 aliphatic rings. The summed E-state index contributed by atoms with van der Waals surface area (Å²) in [5, 5.41) is 16.7. The van der Waals surface area contributed by atoms with Crippen molar-refractivity contribution >= 4 is 28.7 Å². The molecule has 0 bridgehead atoms. The van der Waals surface area contributed by atoms with Crippen molar-refractivity contribution in [2.24, 2.45) is 10.7 Å². The number of aromatic nitrogens is 2. The third-order valence-electron chi connectivity index (χ3n) is 4.55. The van der Waals surface area contributed by atoms with Gasteiger partial charge in [0.05, 0.1) is 24.6 Å². The molecule has 9 heteroatoms. The van der Waals surface area contributed by atoms with E-state index < -0.39 is 22.9 Å². The summed E-state index contributed by atoms with van der Waals surface area (Å²) < 4.78 is 35.2. The van der Waals surface area contributed by atoms with Crippen molar-refractivity contribution in [1.29, 1.82) is 10.8 Å². The number of aliphatic imine (C=N–C) groups is 1. The van der Waals surface area contributed by atoms with Gasteiger partial charge in [-0.25, -0.2) is 13.8 Å². The molecule has 32 heavy (non-hydrogen) atoms. The highest BCUT2D eigenvalue weighted by molar-refractivity contribution is 6.30. The van der Waals surface area contributed by atoms with Gasteiger partial charge in [0.15, 0.2) is 5.84 Å². The molecule has 2 heterocycles. The van der Waals surface area contributed by atoms with E-state index in [0.717, 1.165) is 23.9 Å². The molecular weight excluding hydrogens is 414 g/mol. The van der Waals surface area contributed by atoms with Crippen molar-refractivity contribution in [3.8, 4) is 0 Å². The van der Waals surface area contributed by atoms with Crippen LogP contribution in [0.3, 0.4) is 0 Å². The number of halogens is 2. The summed E-state index contributed by atoms with van der Waals surface area (Å²) in [7, 11) is 1.46. The van der Waals surface area contributed by atoms with Crippen LogP contribution in [0.25, 0.3) is 11.2 Å². The van der Waals surface area contributed by atoms with E-state index in [1.54, 1.807) is 28.8 Å². The van der Waals surface area contributed by atoms with Gasteiger partial charge in [0.1, 0.15) is 23.0 Å². The predicted octanol–water partition coefficient (Wildman–Crippen LogP) is 4.32. The Labute approximate surface area is 183 Å². The lowest BCUT2D eigenvalue weighted by Gasteiger charge is -2.12. The lowest BCUT2D eigenvalue weighted by Crippen LogP contribution is -2.11. The molecule has 0 radical (unpaired) electrons. The number of hydrogen-bond acceptors (Lipinski definition) is 5. The van der Waals surface area contributed by atoms with Crippen molar-refractivity contribution in [3.05, 3.63) is 89.0 Å². The minimum Gasteiger partial charge on any atom is -0.481 e. The quantitative estimate of drug-likeness (QED) is 0.409. The summed E-state index contributed by atoms with van der Waals surface area (Å²) in [6, 6.07) is 6.67. The molecule has 3 rings (SSSR count). The first-order valence-electron chi connectivity index (χ1n) is 9.56. The van der Waals surface area contributed by atoms with Crippen LogP contribution < -0.4 is 5.73 Å². The summed E-state index contributed by atoms with van der Waals surface area (Å²) in [6.45, 7) is 3.76. The molecule has 0 aliphatic heterocycles. The molecular formula is C23H22F2N6O. The van der Waals surface area contributed by atoms with Gasteiger partial charge in [-0.3, -0.25) is 15.2 Å². The van der Waals surface area contributed by atoms with Crippen LogP contribution in [0.5, 0.6) is 0 Å². The molecule has 1 aromatic carbocycles. The Morgan fingerprint density at radius 3 is 2.44 bits per heavy atom. The van der Waals surface area contributed by atoms with Gasteiger partial charge in [-0.05, 0) is 44.2 Å². The van der Waals surface area contributed by atoms with E-state index in [2.05, 4.69) is 9.98 Å². The summed E-state index contributed by atoms with van der Waals surface area (Å²) >= 11 is 0. The third-order valence-corrected chi connectivity index (χ3v) is 4.55. The third kappa shape index (κ3) is 4.46. The highest BCUT2D eigenvalue weighted by Crippen LogP contribution is 2.24. The van der Waals surface area contributed by atoms with Crippen molar-refractivity contribution in [2.75, 3.05) is 7.11 Å². The zero-order valence-corrected chi connectivity index (χ0v) is 17.8. The van der Waals surface area contributed by atoms with Gasteiger partial charge in [-0.1, -0.05) is 11.6 Å². The van der Waals surface area contributed by atoms with E-state index in [-0.39, 0.29) is 17.3 Å². The first-order chi connectivity index (χ1) is 15.3. The number of pyridine rings is 1. The van der Waals surface area contributed by atoms with E-state index in [1.807, 2.05) is 13.8 Å². The lowest BCUT2D eigenvalue weighted by molar-refractivity contribution is 0.407. The fraction of sp³-hybridized carbons (Fsp3) is 0.130. The Bertz CT molecular complexity index is 1280. The number of hydrogen-bond donors (Lipinski definition) is 3. The predicted molar refractivity (Wildman–Crippen MR) is 121 cm³/mol. The topological polar surface area (TPSA) is 113 Å². The Morgan fingerprint density at radius 2 is 1.84 bits per heavy atom. The maximum atomic E-state index is 14.2. The average molecular weight is 436 g/mol. The normalized spacial score (nSPS) is 12.0. The number of nitrogens with two attached hydrogens (primary N) is 1. The zero-order chi connectivity index (χ0) is 23.4. The van der Waals surface area contributed by atoms with Crippen LogP contribution in [0.1, 0.15) is 30.7 Å². The fourth-order valence-electron chi connectivity index (χ4n) is 3.06. The van der Waals surface area contributed by atoms with Gasteiger partial charge < -0.3 is 10.5 Å². The lowest BCUT2D eigenvalue weighted by atomic mass is 9.97. The Balaban J connectivity index is 2.06. The van der Waals surface area contributed by atoms with Gasteiger partial charge in [0.2, 0.25) is 5.90 Å². The van der Waals surface area contributed by atoms with E-state index in [9.17, 15) is 8.78 Å². The molecule has 0 saturated heterocycles. The average Bonchev–Trinajstić information content (AvgIpc) is 3.17. The minimum absolute atomic E-state index is 0.0995. The zero-order valence-electron chi connectivity index (χ0n) is 17.8. The number of allylic oxidation sites excluding steroid dienone is 2. The molecule has 0 fully saturated rings. The van der Waals surface area contributed by atoms with Crippen molar-refractivity contribution in [3.63, 3.8) is 0 Å². The highest BCUT2D eigenvalue weighted by Gasteiger charge is 2.19. The Hall–Kier alpha value is -4.14. The second-order valence-electron chi connectivity index (χ2n) is 7.07. The van der Waals surface area contributed by atoms with E-state index in [4.69, 9.17) is 21.3 Å². The highest BCUT2D eigenvalue weighted by atomic mass is 19.1. The summed E-state index contributed by atoms with van der Waals surface area (Å²) in [4.78, 5) is 8.45. The van der Waals surface area contributed by atoms with Crippen LogP contribution in [-0.4, -0.2) is 33.9 Å². The number of methoxy groups -OCH3 is 1. The minimum atomic E-state index is -0.860. The van der Waals surface area contributed by atoms with Gasteiger partial charge in [0.25, 0.3) is 0 Å². The Kier molecular flexibility index (Phi) is 6.58. The van der Waals surface area contributed by atoms with Gasteiger partial charge in [0, 0.05) is 23.5 Å². The number of ether oxygens (including phenoxy) is 1. The van der Waals surface area contributed by atoms with Crippen LogP contribution in [0, 0.1) is 22.5 Å². The molecule has 0 spiro atoms. The summed E-state index contributed by atoms with van der Waals surface area (Å²) in [5.74, 6) is -1.56. The largest absolute Gasteiger partial charge is 0.481 e. The van der Waals surface area contributed by atoms with E-state index >= 15 is 0 Å². The van der Waals surface area contributed by atoms with Crippen LogP contribution in [0.2, 0.25) is 0 Å². The molecule has 164 valence electrons. The van der Waals surface area contributed by atoms with Crippen LogP contribution in [0.4, 0.5) is 8.78 Å². The molecule has 7 nitrogen and oxygen atoms in total. The number of imidazole rings is 1. The number of nitrogens with one attached hydrogen (secondary N) is 2. The number of nitrogens with zero attached hydrogens (tertiary/aromatic N) is 3. The maximum Gasteiger partial charge on any atom is 0.214 e. The first-order valence-corrected chi connectivity index (χ1v) is 9.56. The van der Waals surface area contributed by atoms with Crippen LogP contribution >= 0.6 is 0 Å². The van der Waals surface area contributed by atoms with Crippen LogP contribution in [0.15, 0.2) is 65.6 Å². The van der Waals surface area contributed by atoms with Crippen molar-refractivity contribution < 1.29 is 13.5 Å². The molecule has 0 saturated carbocycles. The number of fused-ring (bicyclic) bond motifs is 1. The number of amidine groups is 1. The number of benzene rings is 1. The second kappa shape index (κ2) is 9.34. The van der Waals surface area contributed by atoms with Gasteiger partial charge in [-0.2, -0.15) is 4.99 Å². The molecule has 2 aromatic heterocycles. The second-order valence-corrected chi connectivity index (χ2v) is 7.07. The molecule has 0 amide bonds. The first kappa shape index (κ1) is 22.5. The summed E-state index contributed by atoms with van der Waals surface area (Å²) in [5.41, 5.74) is 7.22. The molecule has 4 N–H and O–H groups in total. The maximum absolute atomic E-state index is 14.2. The SMILES string of the molecule is CO/C(C=C(C)C)=N\C(=N)c1cnc2ccc(/C(=C/N)C(=N)c3c(F)cccc3F)cn12. The summed E-state index contributed by atoms with van der Waals surface area (Å²) in [6.07, 6.45) is 5.88. The van der Waals surface area contributed by atoms with Crippen LogP contribution in [-0.2, 0) is 4.74 Å². The molecule has 0 unspecified atom stereocenters. The van der Waals surface area contributed by atoms with Gasteiger partial charge >= 0.3 is 0 Å². The molecule has 0 aliphatic carbocycles. The van der Waals surface area contributed by atoms with Crippen molar-refractivity contribution in [1.82, 2.24) is 9.38 Å². The smallest absolute Gasteiger partial charge is 0.214 e. The standard InChI is InChI=1S/C23H22F2N6O/c1-13(2)9-20(32-3)30-23(28)18-11-29-19-8-7-14(12-31(18)19)15(10-26)22(27)21-16(24)5-4-6-17(21)25/h4-12,27-28H,26H2,1-3H3/b15-10-,27-22?,28-23?,30-20-.